The Labute approximate surface area is 197 Å². The Morgan fingerprint density at radius 3 is 2.38 bits per heavy atom. The van der Waals surface area contributed by atoms with Crippen LogP contribution in [0.2, 0.25) is 10.0 Å². The van der Waals surface area contributed by atoms with Crippen molar-refractivity contribution in [1.29, 1.82) is 0 Å². The molecule has 11 heteroatoms. The molecule has 1 heterocycles. The summed E-state index contributed by atoms with van der Waals surface area (Å²) in [5.41, 5.74) is 6.34. The summed E-state index contributed by atoms with van der Waals surface area (Å²) in [6, 6.07) is 5.96. The van der Waals surface area contributed by atoms with Crippen molar-refractivity contribution in [2.75, 3.05) is 6.61 Å². The van der Waals surface area contributed by atoms with Gasteiger partial charge in [-0.3, -0.25) is 0 Å². The van der Waals surface area contributed by atoms with Crippen LogP contribution in [-0.4, -0.2) is 34.9 Å². The van der Waals surface area contributed by atoms with Crippen molar-refractivity contribution >= 4 is 34.5 Å². The molecule has 1 atom stereocenters. The van der Waals surface area contributed by atoms with Crippen LogP contribution in [0.15, 0.2) is 30.3 Å². The van der Waals surface area contributed by atoms with Crippen molar-refractivity contribution in [3.8, 4) is 32.6 Å². The molecule has 0 bridgehead atoms. The Kier molecular flexibility index (Phi) is 7.54. The molecule has 0 aliphatic heterocycles. The van der Waals surface area contributed by atoms with Crippen molar-refractivity contribution < 1.29 is 22.6 Å². The predicted octanol–water partition coefficient (Wildman–Crippen LogP) is 6.47. The van der Waals surface area contributed by atoms with Crippen LogP contribution >= 0.6 is 34.5 Å². The van der Waals surface area contributed by atoms with Crippen molar-refractivity contribution in [3.63, 3.8) is 0 Å². The van der Waals surface area contributed by atoms with Crippen LogP contribution in [0.4, 0.5) is 13.2 Å². The monoisotopic (exact) mass is 505 g/mol. The normalized spacial score (nSPS) is 12.8. The van der Waals surface area contributed by atoms with E-state index in [0.717, 1.165) is 6.07 Å². The standard InChI is InChI=1S/C21H20Cl2F3N3O2S/c1-10(2)31-16-5-4-11(6-14(16)23)19-28-29-20(32-19)12-7-15(24)17(8-13(12)22)30-9-18(27)21(3,25)26/h4-8,10,18H,9,27H2,1-3H3. The topological polar surface area (TPSA) is 70.3 Å². The van der Waals surface area contributed by atoms with Crippen molar-refractivity contribution in [2.45, 2.75) is 38.8 Å². The first-order valence-electron chi connectivity index (χ1n) is 9.51. The molecular formula is C21H20Cl2F3N3O2S. The maximum atomic E-state index is 14.5. The van der Waals surface area contributed by atoms with E-state index in [2.05, 4.69) is 10.2 Å². The lowest BCUT2D eigenvalue weighted by Gasteiger charge is -2.19. The van der Waals surface area contributed by atoms with Gasteiger partial charge in [0.25, 0.3) is 5.92 Å². The van der Waals surface area contributed by atoms with Gasteiger partial charge in [-0.05, 0) is 38.1 Å². The molecule has 0 aliphatic rings. The van der Waals surface area contributed by atoms with Gasteiger partial charge in [-0.1, -0.05) is 34.5 Å². The summed E-state index contributed by atoms with van der Waals surface area (Å²) in [7, 11) is 0. The van der Waals surface area contributed by atoms with Gasteiger partial charge in [0.05, 0.1) is 16.1 Å². The first-order chi connectivity index (χ1) is 15.0. The summed E-state index contributed by atoms with van der Waals surface area (Å²) in [4.78, 5) is 0. The van der Waals surface area contributed by atoms with Gasteiger partial charge in [-0.25, -0.2) is 13.2 Å². The first kappa shape index (κ1) is 24.6. The molecule has 5 nitrogen and oxygen atoms in total. The molecule has 1 unspecified atom stereocenters. The molecule has 1 aromatic heterocycles. The number of hydrogen-bond donors (Lipinski definition) is 1. The average Bonchev–Trinajstić information content (AvgIpc) is 3.18. The van der Waals surface area contributed by atoms with E-state index in [9.17, 15) is 13.2 Å². The predicted molar refractivity (Wildman–Crippen MR) is 121 cm³/mol. The zero-order chi connectivity index (χ0) is 23.6. The minimum absolute atomic E-state index is 0.0235. The van der Waals surface area contributed by atoms with Gasteiger partial charge in [0.2, 0.25) is 0 Å². The van der Waals surface area contributed by atoms with Crippen LogP contribution in [0.5, 0.6) is 11.5 Å². The maximum absolute atomic E-state index is 14.5. The van der Waals surface area contributed by atoms with Gasteiger partial charge in [0.1, 0.15) is 28.4 Å². The number of nitrogens with zero attached hydrogens (tertiary/aromatic N) is 2. The molecule has 3 rings (SSSR count). The highest BCUT2D eigenvalue weighted by molar-refractivity contribution is 7.18. The Bertz CT molecular complexity index is 1110. The molecule has 0 amide bonds. The minimum atomic E-state index is -3.16. The van der Waals surface area contributed by atoms with Crippen molar-refractivity contribution in [1.82, 2.24) is 10.2 Å². The lowest BCUT2D eigenvalue weighted by molar-refractivity contribution is -0.0191. The van der Waals surface area contributed by atoms with E-state index in [1.54, 1.807) is 18.2 Å². The van der Waals surface area contributed by atoms with Gasteiger partial charge >= 0.3 is 0 Å². The Balaban J connectivity index is 1.81. The largest absolute Gasteiger partial charge is 0.489 e. The van der Waals surface area contributed by atoms with Crippen LogP contribution in [0.3, 0.4) is 0 Å². The molecule has 172 valence electrons. The second-order valence-electron chi connectivity index (χ2n) is 7.36. The number of rotatable bonds is 8. The highest BCUT2D eigenvalue weighted by Crippen LogP contribution is 2.38. The summed E-state index contributed by atoms with van der Waals surface area (Å²) < 4.78 is 51.6. The smallest absolute Gasteiger partial charge is 0.263 e. The molecule has 3 aromatic rings. The number of ether oxygens (including phenoxy) is 2. The first-order valence-corrected chi connectivity index (χ1v) is 11.1. The fourth-order valence-electron chi connectivity index (χ4n) is 2.56. The fourth-order valence-corrected chi connectivity index (χ4v) is 3.96. The van der Waals surface area contributed by atoms with Gasteiger partial charge in [0.15, 0.2) is 11.6 Å². The second-order valence-corrected chi connectivity index (χ2v) is 9.15. The molecule has 0 fully saturated rings. The molecular weight excluding hydrogens is 486 g/mol. The summed E-state index contributed by atoms with van der Waals surface area (Å²) >= 11 is 13.7. The van der Waals surface area contributed by atoms with E-state index in [1.165, 1.54) is 17.4 Å². The summed E-state index contributed by atoms with van der Waals surface area (Å²) in [6.45, 7) is 3.89. The van der Waals surface area contributed by atoms with Crippen LogP contribution in [0, 0.1) is 5.82 Å². The SMILES string of the molecule is CC(C)Oc1ccc(-c2nnc(-c3cc(F)c(OCC(N)C(C)(F)F)cc3Cl)s2)cc1Cl. The van der Waals surface area contributed by atoms with Gasteiger partial charge < -0.3 is 15.2 Å². The number of aromatic nitrogens is 2. The quantitative estimate of drug-likeness (QED) is 0.380. The summed E-state index contributed by atoms with van der Waals surface area (Å²) in [6.07, 6.45) is -0.0235. The lowest BCUT2D eigenvalue weighted by Crippen LogP contribution is -2.43. The van der Waals surface area contributed by atoms with Gasteiger partial charge in [-0.2, -0.15) is 0 Å². The molecule has 32 heavy (non-hydrogen) atoms. The minimum Gasteiger partial charge on any atom is -0.489 e. The van der Waals surface area contributed by atoms with E-state index in [4.69, 9.17) is 38.4 Å². The van der Waals surface area contributed by atoms with Crippen LogP contribution in [0.1, 0.15) is 20.8 Å². The van der Waals surface area contributed by atoms with E-state index in [0.29, 0.717) is 33.3 Å². The van der Waals surface area contributed by atoms with Crippen molar-refractivity contribution in [2.24, 2.45) is 5.73 Å². The molecule has 0 radical (unpaired) electrons. The van der Waals surface area contributed by atoms with Crippen LogP contribution < -0.4 is 15.2 Å². The van der Waals surface area contributed by atoms with E-state index >= 15 is 0 Å². The molecule has 0 saturated carbocycles. The van der Waals surface area contributed by atoms with E-state index in [1.807, 2.05) is 13.8 Å². The van der Waals surface area contributed by atoms with E-state index < -0.39 is 24.4 Å². The third-order valence-electron chi connectivity index (χ3n) is 4.29. The lowest BCUT2D eigenvalue weighted by atomic mass is 10.2. The highest BCUT2D eigenvalue weighted by Gasteiger charge is 2.31. The molecule has 2 N–H and O–H groups in total. The average molecular weight is 506 g/mol. The van der Waals surface area contributed by atoms with Crippen molar-refractivity contribution in [3.05, 3.63) is 46.2 Å². The third-order valence-corrected chi connectivity index (χ3v) is 5.90. The van der Waals surface area contributed by atoms with Gasteiger partial charge in [0, 0.05) is 24.1 Å². The number of alkyl halides is 2. The number of benzene rings is 2. The van der Waals surface area contributed by atoms with E-state index in [-0.39, 0.29) is 22.4 Å². The third kappa shape index (κ3) is 5.83. The second kappa shape index (κ2) is 9.82. The van der Waals surface area contributed by atoms with Crippen LogP contribution in [0.25, 0.3) is 21.1 Å². The number of halogens is 5. The fraction of sp³-hybridized carbons (Fsp3) is 0.333. The van der Waals surface area contributed by atoms with Crippen LogP contribution in [-0.2, 0) is 0 Å². The Morgan fingerprint density at radius 1 is 1.06 bits per heavy atom. The van der Waals surface area contributed by atoms with Gasteiger partial charge in [-0.15, -0.1) is 10.2 Å². The number of hydrogen-bond acceptors (Lipinski definition) is 6. The molecule has 0 spiro atoms. The molecule has 0 saturated heterocycles. The molecule has 0 aliphatic carbocycles. The maximum Gasteiger partial charge on any atom is 0.263 e. The number of nitrogens with two attached hydrogens (primary N) is 1. The molecule has 2 aromatic carbocycles. The summed E-state index contributed by atoms with van der Waals surface area (Å²) in [5.74, 6) is -3.68. The Morgan fingerprint density at radius 2 is 1.75 bits per heavy atom. The Hall–Kier alpha value is -2.07. The highest BCUT2D eigenvalue weighted by atomic mass is 35.5. The zero-order valence-electron chi connectivity index (χ0n) is 17.3. The summed E-state index contributed by atoms with van der Waals surface area (Å²) in [5, 5.41) is 9.68. The zero-order valence-corrected chi connectivity index (χ0v) is 19.7.